The van der Waals surface area contributed by atoms with Crippen molar-refractivity contribution in [3.63, 3.8) is 0 Å². The summed E-state index contributed by atoms with van der Waals surface area (Å²) in [5.74, 6) is -1.81. The van der Waals surface area contributed by atoms with Crippen LogP contribution >= 0.6 is 11.6 Å². The van der Waals surface area contributed by atoms with Gasteiger partial charge in [0.05, 0.1) is 6.54 Å². The average Bonchev–Trinajstić information content (AvgIpc) is 3.37. The molecule has 2 aromatic rings. The third-order valence-corrected chi connectivity index (χ3v) is 7.23. The third-order valence-electron chi connectivity index (χ3n) is 7.05. The molecule has 1 fully saturated rings. The molecule has 0 bridgehead atoms. The standard InChI is InChI=1S/C29H39ClN6O6/c1-18(2)14-23-29(41)35(4)19(3)27(39)33-22(15-20-8-6-5-7-9-20)28(40)31-12-13-36(17-25(37)32-23)26(38)11-10-21-16-24(30)34-42-21/h5-9,16,18-19,22-23H,10-15,17H2,1-4H3,(H,31,40)(H,32,37)(H,33,39)/t19-,22-,23-/m0/s1. The van der Waals surface area contributed by atoms with Gasteiger partial charge in [-0.2, -0.15) is 0 Å². The number of carbonyl (C=O) groups is 5. The van der Waals surface area contributed by atoms with E-state index in [1.54, 1.807) is 6.92 Å². The first-order valence-corrected chi connectivity index (χ1v) is 14.4. The summed E-state index contributed by atoms with van der Waals surface area (Å²) < 4.78 is 5.07. The van der Waals surface area contributed by atoms with Crippen LogP contribution in [0.4, 0.5) is 0 Å². The Kier molecular flexibility index (Phi) is 11.9. The highest BCUT2D eigenvalue weighted by atomic mass is 35.5. The monoisotopic (exact) mass is 602 g/mol. The van der Waals surface area contributed by atoms with E-state index in [1.165, 1.54) is 22.9 Å². The molecule has 1 aliphatic heterocycles. The van der Waals surface area contributed by atoms with Gasteiger partial charge < -0.3 is 30.3 Å². The van der Waals surface area contributed by atoms with Crippen molar-refractivity contribution in [1.82, 2.24) is 30.9 Å². The van der Waals surface area contributed by atoms with Gasteiger partial charge in [-0.3, -0.25) is 24.0 Å². The molecule has 1 saturated heterocycles. The summed E-state index contributed by atoms with van der Waals surface area (Å²) >= 11 is 5.80. The molecule has 13 heteroatoms. The van der Waals surface area contributed by atoms with E-state index in [1.807, 2.05) is 44.2 Å². The van der Waals surface area contributed by atoms with Crippen LogP contribution in [-0.4, -0.2) is 89.3 Å². The Morgan fingerprint density at radius 2 is 1.81 bits per heavy atom. The Hall–Kier alpha value is -3.93. The Bertz CT molecular complexity index is 1250. The van der Waals surface area contributed by atoms with E-state index in [0.717, 1.165) is 5.56 Å². The molecule has 0 unspecified atom stereocenters. The van der Waals surface area contributed by atoms with Crippen LogP contribution in [0.15, 0.2) is 40.9 Å². The number of likely N-dealkylation sites (N-methyl/N-ethyl adjacent to an activating group) is 1. The summed E-state index contributed by atoms with van der Waals surface area (Å²) in [6, 6.07) is 7.99. The highest BCUT2D eigenvalue weighted by molar-refractivity contribution is 6.29. The van der Waals surface area contributed by atoms with E-state index in [9.17, 15) is 24.0 Å². The lowest BCUT2D eigenvalue weighted by atomic mass is 10.0. The maximum atomic E-state index is 13.5. The van der Waals surface area contributed by atoms with Crippen molar-refractivity contribution >= 4 is 41.1 Å². The van der Waals surface area contributed by atoms with Gasteiger partial charge in [-0.1, -0.05) is 60.9 Å². The zero-order valence-corrected chi connectivity index (χ0v) is 25.1. The molecular formula is C29H39ClN6O6. The number of aromatic nitrogens is 1. The molecule has 12 nitrogen and oxygen atoms in total. The molecule has 42 heavy (non-hydrogen) atoms. The molecule has 5 amide bonds. The Labute approximate surface area is 250 Å². The summed E-state index contributed by atoms with van der Waals surface area (Å²) in [7, 11) is 1.49. The van der Waals surface area contributed by atoms with Crippen molar-refractivity contribution in [3.8, 4) is 0 Å². The van der Waals surface area contributed by atoms with Gasteiger partial charge in [0, 0.05) is 45.5 Å². The fourth-order valence-electron chi connectivity index (χ4n) is 4.59. The fourth-order valence-corrected chi connectivity index (χ4v) is 4.75. The normalized spacial score (nSPS) is 21.3. The van der Waals surface area contributed by atoms with E-state index < -0.39 is 41.8 Å². The molecular weight excluding hydrogens is 564 g/mol. The number of aryl methyl sites for hydroxylation is 1. The summed E-state index contributed by atoms with van der Waals surface area (Å²) in [5.41, 5.74) is 0.837. The summed E-state index contributed by atoms with van der Waals surface area (Å²) in [6.45, 7) is 5.15. The molecule has 0 saturated carbocycles. The molecule has 1 aromatic carbocycles. The van der Waals surface area contributed by atoms with Crippen LogP contribution in [0.1, 0.15) is 44.9 Å². The van der Waals surface area contributed by atoms with Crippen LogP contribution in [0.3, 0.4) is 0 Å². The smallest absolute Gasteiger partial charge is 0.245 e. The largest absolute Gasteiger partial charge is 0.360 e. The lowest BCUT2D eigenvalue weighted by Gasteiger charge is -2.30. The lowest BCUT2D eigenvalue weighted by molar-refractivity contribution is -0.142. The van der Waals surface area contributed by atoms with Gasteiger partial charge in [0.25, 0.3) is 0 Å². The zero-order chi connectivity index (χ0) is 30.8. The van der Waals surface area contributed by atoms with Crippen molar-refractivity contribution in [2.75, 3.05) is 26.7 Å². The van der Waals surface area contributed by atoms with Crippen LogP contribution in [0, 0.1) is 5.92 Å². The van der Waals surface area contributed by atoms with Crippen LogP contribution < -0.4 is 16.0 Å². The van der Waals surface area contributed by atoms with Crippen LogP contribution in [-0.2, 0) is 36.8 Å². The first-order chi connectivity index (χ1) is 19.9. The minimum absolute atomic E-state index is 0.00798. The highest BCUT2D eigenvalue weighted by Gasteiger charge is 2.33. The maximum absolute atomic E-state index is 13.5. The second-order valence-corrected chi connectivity index (χ2v) is 11.2. The highest BCUT2D eigenvalue weighted by Crippen LogP contribution is 2.13. The molecule has 0 spiro atoms. The van der Waals surface area contributed by atoms with Gasteiger partial charge in [-0.15, -0.1) is 0 Å². The van der Waals surface area contributed by atoms with Crippen molar-refractivity contribution in [2.45, 2.75) is 64.6 Å². The number of hydrogen-bond donors (Lipinski definition) is 3. The average molecular weight is 603 g/mol. The first-order valence-electron chi connectivity index (χ1n) is 14.0. The molecule has 1 aliphatic rings. The molecule has 1 aromatic heterocycles. The van der Waals surface area contributed by atoms with Crippen molar-refractivity contribution in [2.24, 2.45) is 5.92 Å². The Balaban J connectivity index is 1.86. The molecule has 0 aliphatic carbocycles. The first kappa shape index (κ1) is 32.6. The summed E-state index contributed by atoms with van der Waals surface area (Å²) in [4.78, 5) is 68.9. The number of nitrogens with zero attached hydrogens (tertiary/aromatic N) is 3. The number of benzene rings is 1. The van der Waals surface area contributed by atoms with Gasteiger partial charge in [-0.25, -0.2) is 0 Å². The van der Waals surface area contributed by atoms with Crippen LogP contribution in [0.25, 0.3) is 0 Å². The quantitative estimate of drug-likeness (QED) is 0.432. The second-order valence-electron chi connectivity index (χ2n) is 10.8. The molecule has 3 atom stereocenters. The van der Waals surface area contributed by atoms with E-state index in [-0.39, 0.29) is 55.9 Å². The molecule has 3 rings (SSSR count). The molecule has 0 radical (unpaired) electrons. The summed E-state index contributed by atoms with van der Waals surface area (Å²) in [6.07, 6.45) is 0.778. The second kappa shape index (κ2) is 15.3. The van der Waals surface area contributed by atoms with Crippen molar-refractivity contribution in [1.29, 1.82) is 0 Å². The predicted octanol–water partition coefficient (Wildman–Crippen LogP) is 1.32. The fraction of sp³-hybridized carbons (Fsp3) is 0.517. The van der Waals surface area contributed by atoms with E-state index in [2.05, 4.69) is 21.1 Å². The van der Waals surface area contributed by atoms with Gasteiger partial charge >= 0.3 is 0 Å². The SMILES string of the molecule is CC(C)C[C@@H]1NC(=O)CN(C(=O)CCc2cc(Cl)no2)CCNC(=O)[C@H](Cc2ccccc2)NC(=O)[C@H](C)N(C)C1=O. The number of carbonyl (C=O) groups excluding carboxylic acids is 5. The van der Waals surface area contributed by atoms with Crippen molar-refractivity contribution in [3.05, 3.63) is 52.9 Å². The van der Waals surface area contributed by atoms with Crippen LogP contribution in [0.2, 0.25) is 5.15 Å². The number of amides is 5. The Morgan fingerprint density at radius 3 is 2.45 bits per heavy atom. The molecule has 2 heterocycles. The Morgan fingerprint density at radius 1 is 1.10 bits per heavy atom. The number of hydrogen-bond acceptors (Lipinski definition) is 7. The van der Waals surface area contributed by atoms with Gasteiger partial charge in [-0.05, 0) is 24.8 Å². The lowest BCUT2D eigenvalue weighted by Crippen LogP contribution is -2.57. The van der Waals surface area contributed by atoms with E-state index in [4.69, 9.17) is 16.1 Å². The summed E-state index contributed by atoms with van der Waals surface area (Å²) in [5, 5.41) is 12.1. The predicted molar refractivity (Wildman–Crippen MR) is 155 cm³/mol. The topological polar surface area (TPSA) is 154 Å². The minimum atomic E-state index is -0.928. The van der Waals surface area contributed by atoms with E-state index >= 15 is 0 Å². The van der Waals surface area contributed by atoms with Gasteiger partial charge in [0.1, 0.15) is 23.9 Å². The van der Waals surface area contributed by atoms with E-state index in [0.29, 0.717) is 12.2 Å². The number of rotatable bonds is 7. The molecule has 3 N–H and O–H groups in total. The zero-order valence-electron chi connectivity index (χ0n) is 24.4. The molecule has 228 valence electrons. The van der Waals surface area contributed by atoms with Crippen LogP contribution in [0.5, 0.6) is 0 Å². The number of nitrogens with one attached hydrogen (secondary N) is 3. The van der Waals surface area contributed by atoms with Crippen molar-refractivity contribution < 1.29 is 28.5 Å². The number of halogens is 1. The third kappa shape index (κ3) is 9.57. The maximum Gasteiger partial charge on any atom is 0.245 e. The van der Waals surface area contributed by atoms with Gasteiger partial charge in [0.2, 0.25) is 29.5 Å². The van der Waals surface area contributed by atoms with Gasteiger partial charge in [0.15, 0.2) is 5.15 Å². The minimum Gasteiger partial charge on any atom is -0.360 e.